The molecule has 158 valence electrons. The van der Waals surface area contributed by atoms with Gasteiger partial charge < -0.3 is 25.0 Å². The average Bonchev–Trinajstić information content (AvgIpc) is 3.52. The quantitative estimate of drug-likeness (QED) is 0.582. The number of hydrogen-bond donors (Lipinski definition) is 2. The summed E-state index contributed by atoms with van der Waals surface area (Å²) in [7, 11) is 0. The van der Waals surface area contributed by atoms with E-state index >= 15 is 0 Å². The SMILES string of the molecule is CSCC[C@H](NC(=O)[C@H]1O[C@@H]1C(=O)O)C(=O)N1CCN(c2ccccc2Cl)CC1. The fourth-order valence-electron chi connectivity index (χ4n) is 3.34. The van der Waals surface area contributed by atoms with E-state index in [1.807, 2.05) is 30.5 Å². The van der Waals surface area contributed by atoms with Crippen molar-refractivity contribution < 1.29 is 24.2 Å². The lowest BCUT2D eigenvalue weighted by atomic mass is 10.1. The second-order valence-electron chi connectivity index (χ2n) is 6.92. The van der Waals surface area contributed by atoms with E-state index in [9.17, 15) is 14.4 Å². The van der Waals surface area contributed by atoms with Gasteiger partial charge in [0.25, 0.3) is 5.91 Å². The number of benzene rings is 1. The molecule has 10 heteroatoms. The van der Waals surface area contributed by atoms with Gasteiger partial charge in [-0.25, -0.2) is 4.79 Å². The number of epoxide rings is 1. The lowest BCUT2D eigenvalue weighted by Crippen LogP contribution is -2.55. The number of rotatable bonds is 8. The Bertz CT molecular complexity index is 772. The van der Waals surface area contributed by atoms with Crippen LogP contribution in [0.4, 0.5) is 5.69 Å². The molecule has 2 fully saturated rings. The Labute approximate surface area is 178 Å². The van der Waals surface area contributed by atoms with Gasteiger partial charge in [-0.3, -0.25) is 9.59 Å². The smallest absolute Gasteiger partial charge is 0.336 e. The number of anilines is 1. The summed E-state index contributed by atoms with van der Waals surface area (Å²) >= 11 is 7.84. The largest absolute Gasteiger partial charge is 0.479 e. The van der Waals surface area contributed by atoms with Crippen molar-refractivity contribution in [3.8, 4) is 0 Å². The highest BCUT2D eigenvalue weighted by Crippen LogP contribution is 2.26. The van der Waals surface area contributed by atoms with Crippen molar-refractivity contribution in [2.45, 2.75) is 24.7 Å². The number of thioether (sulfide) groups is 1. The van der Waals surface area contributed by atoms with Gasteiger partial charge in [0, 0.05) is 26.2 Å². The average molecular weight is 442 g/mol. The molecule has 2 heterocycles. The van der Waals surface area contributed by atoms with Gasteiger partial charge in [-0.15, -0.1) is 0 Å². The Morgan fingerprint density at radius 2 is 1.93 bits per heavy atom. The predicted molar refractivity (Wildman–Crippen MR) is 111 cm³/mol. The maximum Gasteiger partial charge on any atom is 0.336 e. The molecule has 0 spiro atoms. The van der Waals surface area contributed by atoms with Gasteiger partial charge in [-0.05, 0) is 30.6 Å². The van der Waals surface area contributed by atoms with Crippen molar-refractivity contribution in [1.29, 1.82) is 0 Å². The Morgan fingerprint density at radius 3 is 2.52 bits per heavy atom. The van der Waals surface area contributed by atoms with Crippen LogP contribution in [0.2, 0.25) is 5.02 Å². The van der Waals surface area contributed by atoms with Crippen LogP contribution in [0.1, 0.15) is 6.42 Å². The molecule has 0 bridgehead atoms. The summed E-state index contributed by atoms with van der Waals surface area (Å²) in [5.41, 5.74) is 0.944. The maximum atomic E-state index is 13.0. The number of aliphatic carboxylic acids is 1. The van der Waals surface area contributed by atoms with Crippen LogP contribution in [0.3, 0.4) is 0 Å². The van der Waals surface area contributed by atoms with Crippen LogP contribution in [0, 0.1) is 0 Å². The molecule has 0 aliphatic carbocycles. The highest BCUT2D eigenvalue weighted by Gasteiger charge is 2.51. The molecule has 3 atom stereocenters. The number of para-hydroxylation sites is 1. The summed E-state index contributed by atoms with van der Waals surface area (Å²) in [5, 5.41) is 12.3. The van der Waals surface area contributed by atoms with Crippen molar-refractivity contribution in [2.75, 3.05) is 43.1 Å². The number of amides is 2. The number of carboxylic acids is 1. The van der Waals surface area contributed by atoms with E-state index in [0.29, 0.717) is 43.4 Å². The molecule has 8 nitrogen and oxygen atoms in total. The number of ether oxygens (including phenoxy) is 1. The minimum Gasteiger partial charge on any atom is -0.479 e. The molecule has 2 aliphatic heterocycles. The third-order valence-electron chi connectivity index (χ3n) is 5.00. The zero-order valence-electron chi connectivity index (χ0n) is 16.0. The summed E-state index contributed by atoms with van der Waals surface area (Å²) in [6.07, 6.45) is 0.261. The Kier molecular flexibility index (Phi) is 7.26. The lowest BCUT2D eigenvalue weighted by molar-refractivity contribution is -0.138. The van der Waals surface area contributed by atoms with Gasteiger partial charge in [-0.2, -0.15) is 11.8 Å². The first-order valence-electron chi connectivity index (χ1n) is 9.38. The third-order valence-corrected chi connectivity index (χ3v) is 5.97. The second-order valence-corrected chi connectivity index (χ2v) is 8.31. The van der Waals surface area contributed by atoms with E-state index < -0.39 is 30.1 Å². The zero-order valence-corrected chi connectivity index (χ0v) is 17.6. The fourth-order valence-corrected chi connectivity index (χ4v) is 4.07. The second kappa shape index (κ2) is 9.69. The zero-order chi connectivity index (χ0) is 21.0. The van der Waals surface area contributed by atoms with Crippen LogP contribution in [0.25, 0.3) is 0 Å². The lowest BCUT2D eigenvalue weighted by Gasteiger charge is -2.38. The molecule has 0 aromatic heterocycles. The highest BCUT2D eigenvalue weighted by atomic mass is 35.5. The van der Waals surface area contributed by atoms with E-state index in [-0.39, 0.29) is 5.91 Å². The number of nitrogens with zero attached hydrogens (tertiary/aromatic N) is 2. The van der Waals surface area contributed by atoms with Crippen LogP contribution in [-0.2, 0) is 19.1 Å². The van der Waals surface area contributed by atoms with Crippen LogP contribution >= 0.6 is 23.4 Å². The number of carbonyl (C=O) groups is 3. The van der Waals surface area contributed by atoms with Gasteiger partial charge in [0.2, 0.25) is 5.91 Å². The Morgan fingerprint density at radius 1 is 1.24 bits per heavy atom. The number of carboxylic acid groups (broad SMARTS) is 1. The molecular weight excluding hydrogens is 418 g/mol. The summed E-state index contributed by atoms with van der Waals surface area (Å²) in [6, 6.07) is 6.91. The Balaban J connectivity index is 1.58. The first-order valence-corrected chi connectivity index (χ1v) is 11.2. The van der Waals surface area contributed by atoms with Crippen molar-refractivity contribution in [1.82, 2.24) is 10.2 Å². The van der Waals surface area contributed by atoms with E-state index in [1.54, 1.807) is 16.7 Å². The summed E-state index contributed by atoms with van der Waals surface area (Å²) in [6.45, 7) is 2.33. The highest BCUT2D eigenvalue weighted by molar-refractivity contribution is 7.98. The standard InChI is InChI=1S/C19H24ClN3O5S/c1-29-11-6-13(21-17(24)15-16(28-15)19(26)27)18(25)23-9-7-22(8-10-23)14-5-3-2-4-12(14)20/h2-5,13,15-16H,6-11H2,1H3,(H,21,24)(H,26,27)/t13-,15-,16-/m0/s1. The van der Waals surface area contributed by atoms with Crippen molar-refractivity contribution in [2.24, 2.45) is 0 Å². The van der Waals surface area contributed by atoms with Crippen molar-refractivity contribution in [3.05, 3.63) is 29.3 Å². The van der Waals surface area contributed by atoms with Crippen molar-refractivity contribution in [3.63, 3.8) is 0 Å². The third kappa shape index (κ3) is 5.34. The first-order chi connectivity index (χ1) is 13.9. The van der Waals surface area contributed by atoms with E-state index in [4.69, 9.17) is 21.4 Å². The molecule has 2 aliphatic rings. The molecule has 2 N–H and O–H groups in total. The topological polar surface area (TPSA) is 102 Å². The molecule has 0 radical (unpaired) electrons. The van der Waals surface area contributed by atoms with Gasteiger partial charge in [0.1, 0.15) is 6.04 Å². The van der Waals surface area contributed by atoms with Gasteiger partial charge >= 0.3 is 5.97 Å². The minimum absolute atomic E-state index is 0.154. The van der Waals surface area contributed by atoms with E-state index in [0.717, 1.165) is 5.69 Å². The predicted octanol–water partition coefficient (Wildman–Crippen LogP) is 1.08. The normalized spacial score (nSPS) is 22.1. The maximum absolute atomic E-state index is 13.0. The number of hydrogen-bond acceptors (Lipinski definition) is 6. The molecule has 29 heavy (non-hydrogen) atoms. The van der Waals surface area contributed by atoms with Crippen LogP contribution in [-0.4, -0.2) is 84.2 Å². The summed E-state index contributed by atoms with van der Waals surface area (Å²) < 4.78 is 4.88. The molecule has 2 saturated heterocycles. The van der Waals surface area contributed by atoms with Crippen LogP contribution in [0.5, 0.6) is 0 Å². The Hall–Kier alpha value is -1.97. The molecule has 0 unspecified atom stereocenters. The van der Waals surface area contributed by atoms with Crippen LogP contribution in [0.15, 0.2) is 24.3 Å². The molecule has 1 aromatic rings. The van der Waals surface area contributed by atoms with E-state index in [2.05, 4.69) is 10.2 Å². The number of nitrogens with one attached hydrogen (secondary N) is 1. The molecule has 2 amide bonds. The number of carbonyl (C=O) groups excluding carboxylic acids is 2. The summed E-state index contributed by atoms with van der Waals surface area (Å²) in [5.74, 6) is -1.18. The van der Waals surface area contributed by atoms with E-state index in [1.165, 1.54) is 0 Å². The molecular formula is C19H24ClN3O5S. The molecule has 1 aromatic carbocycles. The van der Waals surface area contributed by atoms with Crippen LogP contribution < -0.4 is 10.2 Å². The van der Waals surface area contributed by atoms with Crippen molar-refractivity contribution >= 4 is 46.8 Å². The van der Waals surface area contributed by atoms with Gasteiger partial charge in [-0.1, -0.05) is 23.7 Å². The summed E-state index contributed by atoms with van der Waals surface area (Å²) in [4.78, 5) is 40.0. The fraction of sp³-hybridized carbons (Fsp3) is 0.526. The number of piperazine rings is 1. The molecule has 0 saturated carbocycles. The minimum atomic E-state index is -1.17. The van der Waals surface area contributed by atoms with Gasteiger partial charge in [0.05, 0.1) is 10.7 Å². The number of halogens is 1. The van der Waals surface area contributed by atoms with Gasteiger partial charge in [0.15, 0.2) is 12.2 Å². The monoisotopic (exact) mass is 441 g/mol. The molecule has 3 rings (SSSR count). The first kappa shape index (κ1) is 21.7.